The number of hydrogen-bond acceptors (Lipinski definition) is 3. The lowest BCUT2D eigenvalue weighted by Crippen LogP contribution is -2.42. The fourth-order valence-electron chi connectivity index (χ4n) is 3.49. The molecule has 126 valence electrons. The van der Waals surface area contributed by atoms with Crippen molar-refractivity contribution in [1.82, 2.24) is 10.2 Å². The van der Waals surface area contributed by atoms with Crippen molar-refractivity contribution in [3.8, 4) is 0 Å². The van der Waals surface area contributed by atoms with E-state index in [1.807, 2.05) is 6.07 Å². The molecule has 1 heterocycles. The van der Waals surface area contributed by atoms with Gasteiger partial charge < -0.3 is 10.2 Å². The fraction of sp³-hybridized carbons (Fsp3) is 0.562. The molecule has 3 rings (SSSR count). The molecule has 1 N–H and O–H groups in total. The molecule has 0 bridgehead atoms. The third kappa shape index (κ3) is 3.94. The molecule has 1 aromatic carbocycles. The van der Waals surface area contributed by atoms with Gasteiger partial charge in [-0.3, -0.25) is 15.1 Å². The maximum absolute atomic E-state index is 10.8. The van der Waals surface area contributed by atoms with Gasteiger partial charge in [0.05, 0.1) is 4.92 Å². The van der Waals surface area contributed by atoms with Crippen LogP contribution in [0.2, 0.25) is 0 Å². The SMILES string of the molecule is CN=C(NCc1cccc([N+](=O)[O-])c1)N1CCC2(CCC2)C1.I. The number of nitro benzene ring substituents is 1. The van der Waals surface area contributed by atoms with Gasteiger partial charge in [0.2, 0.25) is 0 Å². The van der Waals surface area contributed by atoms with Gasteiger partial charge in [-0.1, -0.05) is 18.6 Å². The van der Waals surface area contributed by atoms with Crippen molar-refractivity contribution in [2.75, 3.05) is 20.1 Å². The number of hydrogen-bond donors (Lipinski definition) is 1. The first-order valence-electron chi connectivity index (χ1n) is 7.81. The lowest BCUT2D eigenvalue weighted by atomic mass is 9.68. The summed E-state index contributed by atoms with van der Waals surface area (Å²) in [6.07, 6.45) is 5.29. The molecule has 0 radical (unpaired) electrons. The van der Waals surface area contributed by atoms with Crippen LogP contribution in [0, 0.1) is 15.5 Å². The van der Waals surface area contributed by atoms with Crippen LogP contribution in [0.3, 0.4) is 0 Å². The molecule has 0 aromatic heterocycles. The fourth-order valence-corrected chi connectivity index (χ4v) is 3.49. The molecule has 1 saturated heterocycles. The molecule has 1 aliphatic carbocycles. The van der Waals surface area contributed by atoms with E-state index in [2.05, 4.69) is 15.2 Å². The maximum atomic E-state index is 10.8. The molecule has 1 aliphatic heterocycles. The number of nitrogens with one attached hydrogen (secondary N) is 1. The molecule has 2 fully saturated rings. The van der Waals surface area contributed by atoms with Crippen molar-refractivity contribution in [1.29, 1.82) is 0 Å². The zero-order chi connectivity index (χ0) is 15.6. The second-order valence-electron chi connectivity index (χ2n) is 6.35. The van der Waals surface area contributed by atoms with Crippen molar-refractivity contribution in [3.05, 3.63) is 39.9 Å². The Balaban J connectivity index is 0.00000192. The van der Waals surface area contributed by atoms with E-state index in [0.29, 0.717) is 12.0 Å². The molecule has 6 nitrogen and oxygen atoms in total. The van der Waals surface area contributed by atoms with Crippen molar-refractivity contribution in [3.63, 3.8) is 0 Å². The first kappa shape index (κ1) is 18.0. The number of aliphatic imine (C=N–C) groups is 1. The van der Waals surface area contributed by atoms with Gasteiger partial charge in [0.25, 0.3) is 5.69 Å². The van der Waals surface area contributed by atoms with Crippen LogP contribution >= 0.6 is 24.0 Å². The molecule has 7 heteroatoms. The lowest BCUT2D eigenvalue weighted by Gasteiger charge is -2.38. The minimum absolute atomic E-state index is 0. The van der Waals surface area contributed by atoms with Crippen LogP contribution in [0.1, 0.15) is 31.2 Å². The predicted molar refractivity (Wildman–Crippen MR) is 101 cm³/mol. The molecular weight excluding hydrogens is 407 g/mol. The monoisotopic (exact) mass is 430 g/mol. The molecule has 2 aliphatic rings. The molecule has 23 heavy (non-hydrogen) atoms. The van der Waals surface area contributed by atoms with Crippen molar-refractivity contribution < 1.29 is 4.92 Å². The topological polar surface area (TPSA) is 70.8 Å². The summed E-state index contributed by atoms with van der Waals surface area (Å²) in [5, 5.41) is 14.2. The Kier molecular flexibility index (Phi) is 5.83. The highest BCUT2D eigenvalue weighted by molar-refractivity contribution is 14.0. The minimum Gasteiger partial charge on any atom is -0.352 e. The van der Waals surface area contributed by atoms with E-state index < -0.39 is 0 Å². The standard InChI is InChI=1S/C16H22N4O2.HI/c1-17-15(19-9-8-16(12-19)6-3-7-16)18-11-13-4-2-5-14(10-13)20(21)22;/h2,4-5,10H,3,6-9,11-12H2,1H3,(H,17,18);1H. The molecule has 0 amide bonds. The van der Waals surface area contributed by atoms with E-state index in [4.69, 9.17) is 0 Å². The quantitative estimate of drug-likeness (QED) is 0.263. The van der Waals surface area contributed by atoms with Gasteiger partial charge in [0.15, 0.2) is 5.96 Å². The van der Waals surface area contributed by atoms with Crippen LogP contribution in [-0.2, 0) is 6.54 Å². The van der Waals surface area contributed by atoms with E-state index in [9.17, 15) is 10.1 Å². The van der Waals surface area contributed by atoms with Gasteiger partial charge >= 0.3 is 0 Å². The largest absolute Gasteiger partial charge is 0.352 e. The third-order valence-corrected chi connectivity index (χ3v) is 4.94. The highest BCUT2D eigenvalue weighted by Crippen LogP contribution is 2.47. The average molecular weight is 430 g/mol. The molecule has 1 spiro atoms. The van der Waals surface area contributed by atoms with Crippen molar-refractivity contribution >= 4 is 35.6 Å². The summed E-state index contributed by atoms with van der Waals surface area (Å²) in [5.41, 5.74) is 1.56. The van der Waals surface area contributed by atoms with Gasteiger partial charge in [0, 0.05) is 38.8 Å². The summed E-state index contributed by atoms with van der Waals surface area (Å²) >= 11 is 0. The highest BCUT2D eigenvalue weighted by atomic mass is 127. The Hall–Kier alpha value is -1.38. The number of benzene rings is 1. The highest BCUT2D eigenvalue weighted by Gasteiger charge is 2.43. The summed E-state index contributed by atoms with van der Waals surface area (Å²) in [5.74, 6) is 0.898. The predicted octanol–water partition coefficient (Wildman–Crippen LogP) is 3.16. The lowest BCUT2D eigenvalue weighted by molar-refractivity contribution is -0.384. The minimum atomic E-state index is -0.362. The van der Waals surface area contributed by atoms with E-state index in [1.165, 1.54) is 31.7 Å². The summed E-state index contributed by atoms with van der Waals surface area (Å²) in [6, 6.07) is 6.73. The second-order valence-corrected chi connectivity index (χ2v) is 6.35. The molecule has 0 unspecified atom stereocenters. The van der Waals surface area contributed by atoms with Crippen LogP contribution in [0.25, 0.3) is 0 Å². The maximum Gasteiger partial charge on any atom is 0.269 e. The normalized spacial score (nSPS) is 19.2. The first-order chi connectivity index (χ1) is 10.6. The van der Waals surface area contributed by atoms with E-state index >= 15 is 0 Å². The number of likely N-dealkylation sites (tertiary alicyclic amines) is 1. The third-order valence-electron chi connectivity index (χ3n) is 4.94. The number of guanidine groups is 1. The Morgan fingerprint density at radius 2 is 2.22 bits per heavy atom. The van der Waals surface area contributed by atoms with Gasteiger partial charge in [-0.25, -0.2) is 0 Å². The van der Waals surface area contributed by atoms with Crippen molar-refractivity contribution in [2.45, 2.75) is 32.2 Å². The summed E-state index contributed by atoms with van der Waals surface area (Å²) < 4.78 is 0. The van der Waals surface area contributed by atoms with E-state index in [0.717, 1.165) is 24.6 Å². The van der Waals surface area contributed by atoms with Gasteiger partial charge in [-0.15, -0.1) is 24.0 Å². The number of non-ortho nitro benzene ring substituents is 1. The number of nitro groups is 1. The van der Waals surface area contributed by atoms with Crippen LogP contribution in [0.5, 0.6) is 0 Å². The molecule has 1 saturated carbocycles. The summed E-state index contributed by atoms with van der Waals surface area (Å²) in [6.45, 7) is 2.69. The Labute approximate surface area is 153 Å². The second kappa shape index (κ2) is 7.46. The van der Waals surface area contributed by atoms with Crippen molar-refractivity contribution in [2.24, 2.45) is 10.4 Å². The van der Waals surface area contributed by atoms with E-state index in [1.54, 1.807) is 19.2 Å². The zero-order valence-electron chi connectivity index (χ0n) is 13.3. The van der Waals surface area contributed by atoms with Gasteiger partial charge in [-0.05, 0) is 30.2 Å². The van der Waals surface area contributed by atoms with Crippen LogP contribution in [-0.4, -0.2) is 35.9 Å². The van der Waals surface area contributed by atoms with Gasteiger partial charge in [-0.2, -0.15) is 0 Å². The average Bonchev–Trinajstić information content (AvgIpc) is 2.94. The van der Waals surface area contributed by atoms with Gasteiger partial charge in [0.1, 0.15) is 0 Å². The smallest absolute Gasteiger partial charge is 0.269 e. The Morgan fingerprint density at radius 1 is 1.43 bits per heavy atom. The van der Waals surface area contributed by atoms with E-state index in [-0.39, 0.29) is 34.6 Å². The number of rotatable bonds is 3. The summed E-state index contributed by atoms with van der Waals surface area (Å²) in [4.78, 5) is 17.1. The van der Waals surface area contributed by atoms with Crippen LogP contribution in [0.4, 0.5) is 5.69 Å². The Morgan fingerprint density at radius 3 is 2.78 bits per heavy atom. The number of nitrogens with zero attached hydrogens (tertiary/aromatic N) is 3. The summed E-state index contributed by atoms with van der Waals surface area (Å²) in [7, 11) is 1.79. The molecule has 1 aromatic rings. The molecular formula is C16H23IN4O2. The number of halogens is 1. The Bertz CT molecular complexity index is 601. The van der Waals surface area contributed by atoms with Crippen LogP contribution < -0.4 is 5.32 Å². The molecule has 0 atom stereocenters. The zero-order valence-corrected chi connectivity index (χ0v) is 15.7. The first-order valence-corrected chi connectivity index (χ1v) is 7.81. The van der Waals surface area contributed by atoms with Crippen LogP contribution in [0.15, 0.2) is 29.3 Å².